The van der Waals surface area contributed by atoms with Crippen LogP contribution in [0.15, 0.2) is 182 Å². The van der Waals surface area contributed by atoms with Crippen LogP contribution in [0.4, 0.5) is 0 Å². The summed E-state index contributed by atoms with van der Waals surface area (Å²) in [4.78, 5) is 14.7. The van der Waals surface area contributed by atoms with Gasteiger partial charge < -0.3 is 4.57 Å². The van der Waals surface area contributed by atoms with E-state index in [2.05, 4.69) is 126 Å². The number of nitrogens with zero attached hydrogens (tertiary/aromatic N) is 4. The Morgan fingerprint density at radius 3 is 1.37 bits per heavy atom. The Morgan fingerprint density at radius 1 is 0.286 bits per heavy atom. The van der Waals surface area contributed by atoms with Crippen molar-refractivity contribution in [3.8, 4) is 62.1 Å². The molecule has 0 aliphatic carbocycles. The van der Waals surface area contributed by atoms with Gasteiger partial charge in [0, 0.05) is 33.2 Å². The van der Waals surface area contributed by atoms with E-state index in [1.165, 1.54) is 32.9 Å². The lowest BCUT2D eigenvalue weighted by molar-refractivity contribution is 1.07. The normalized spacial score (nSPS) is 11.3. The van der Waals surface area contributed by atoms with Crippen LogP contribution in [-0.2, 0) is 0 Å². The predicted molar refractivity (Wildman–Crippen MR) is 201 cm³/mol. The fraction of sp³-hybridized carbons (Fsp3) is 0. The van der Waals surface area contributed by atoms with E-state index in [4.69, 9.17) is 15.0 Å². The molecule has 9 rings (SSSR count). The Kier molecular flexibility index (Phi) is 7.10. The molecule has 2 aromatic heterocycles. The van der Waals surface area contributed by atoms with E-state index < -0.39 is 0 Å². The molecule has 0 unspecified atom stereocenters. The largest absolute Gasteiger partial charge is 0.309 e. The summed E-state index contributed by atoms with van der Waals surface area (Å²) in [7, 11) is 0. The lowest BCUT2D eigenvalue weighted by Crippen LogP contribution is -2.00. The van der Waals surface area contributed by atoms with Crippen molar-refractivity contribution >= 4 is 21.8 Å². The first kappa shape index (κ1) is 28.6. The minimum Gasteiger partial charge on any atom is -0.309 e. The molecule has 0 bridgehead atoms. The van der Waals surface area contributed by atoms with Crippen molar-refractivity contribution in [1.82, 2.24) is 19.5 Å². The van der Waals surface area contributed by atoms with Gasteiger partial charge in [-0.3, -0.25) is 0 Å². The molecule has 0 spiro atoms. The first-order valence-corrected chi connectivity index (χ1v) is 16.5. The van der Waals surface area contributed by atoms with Crippen molar-refractivity contribution < 1.29 is 0 Å². The number of hydrogen-bond donors (Lipinski definition) is 0. The van der Waals surface area contributed by atoms with E-state index in [1.807, 2.05) is 60.7 Å². The van der Waals surface area contributed by atoms with Crippen molar-refractivity contribution in [2.24, 2.45) is 0 Å². The molecule has 0 saturated carbocycles. The first-order valence-electron chi connectivity index (χ1n) is 16.5. The summed E-state index contributed by atoms with van der Waals surface area (Å²) in [6.07, 6.45) is 0. The lowest BCUT2D eigenvalue weighted by Gasteiger charge is -2.10. The molecule has 49 heavy (non-hydrogen) atoms. The molecule has 0 atom stereocenters. The van der Waals surface area contributed by atoms with E-state index in [0.29, 0.717) is 17.5 Å². The summed E-state index contributed by atoms with van der Waals surface area (Å²) in [5.41, 5.74) is 11.0. The van der Waals surface area contributed by atoms with Crippen LogP contribution in [0, 0.1) is 0 Å². The van der Waals surface area contributed by atoms with E-state index in [-0.39, 0.29) is 0 Å². The lowest BCUT2D eigenvalue weighted by atomic mass is 9.98. The van der Waals surface area contributed by atoms with Gasteiger partial charge in [0.2, 0.25) is 0 Å². The van der Waals surface area contributed by atoms with E-state index in [0.717, 1.165) is 33.5 Å². The number of aromatic nitrogens is 4. The highest BCUT2D eigenvalue weighted by Gasteiger charge is 2.15. The zero-order valence-corrected chi connectivity index (χ0v) is 26.6. The molecule has 0 radical (unpaired) electrons. The van der Waals surface area contributed by atoms with Gasteiger partial charge in [0.15, 0.2) is 17.5 Å². The molecule has 2 heterocycles. The molecule has 0 aliphatic rings. The Balaban J connectivity index is 1.07. The number of para-hydroxylation sites is 2. The third-order valence-electron chi connectivity index (χ3n) is 9.06. The molecule has 4 nitrogen and oxygen atoms in total. The van der Waals surface area contributed by atoms with Crippen LogP contribution < -0.4 is 0 Å². The zero-order valence-electron chi connectivity index (χ0n) is 26.6. The summed E-state index contributed by atoms with van der Waals surface area (Å²) in [6.45, 7) is 0. The van der Waals surface area contributed by atoms with Gasteiger partial charge in [-0.1, -0.05) is 146 Å². The molecule has 9 aromatic rings. The number of rotatable bonds is 6. The number of hydrogen-bond acceptors (Lipinski definition) is 3. The monoisotopic (exact) mass is 626 g/mol. The van der Waals surface area contributed by atoms with Crippen LogP contribution in [-0.4, -0.2) is 19.5 Å². The van der Waals surface area contributed by atoms with Crippen molar-refractivity contribution in [3.63, 3.8) is 0 Å². The standard InChI is InChI=1S/C45H30N4/c1-4-13-33(14-5-1)43-46-44(34-15-6-2-7-16-34)48-45(47-43)37-18-12-17-35(29-37)31-23-25-32(26-24-31)36-27-28-42-40(30-36)39-21-10-11-22-41(39)49(42)38-19-8-3-9-20-38/h1-30H. The highest BCUT2D eigenvalue weighted by molar-refractivity contribution is 6.10. The molecular formula is C45H30N4. The quantitative estimate of drug-likeness (QED) is 0.184. The minimum atomic E-state index is 0.647. The first-order chi connectivity index (χ1) is 24.3. The van der Waals surface area contributed by atoms with Gasteiger partial charge in [0.25, 0.3) is 0 Å². The topological polar surface area (TPSA) is 43.6 Å². The Bertz CT molecular complexity index is 2520. The molecule has 4 heteroatoms. The smallest absolute Gasteiger partial charge is 0.164 e. The Morgan fingerprint density at radius 2 is 0.735 bits per heavy atom. The second-order valence-electron chi connectivity index (χ2n) is 12.1. The minimum absolute atomic E-state index is 0.647. The highest BCUT2D eigenvalue weighted by atomic mass is 15.0. The Labute approximate surface area is 284 Å². The van der Waals surface area contributed by atoms with Crippen molar-refractivity contribution in [2.75, 3.05) is 0 Å². The summed E-state index contributed by atoms with van der Waals surface area (Å²) in [5, 5.41) is 2.50. The van der Waals surface area contributed by atoms with Gasteiger partial charge in [-0.05, 0) is 58.7 Å². The molecule has 0 fully saturated rings. The summed E-state index contributed by atoms with van der Waals surface area (Å²) < 4.78 is 2.35. The number of benzene rings is 7. The van der Waals surface area contributed by atoms with Crippen molar-refractivity contribution in [2.45, 2.75) is 0 Å². The van der Waals surface area contributed by atoms with Crippen LogP contribution in [0.5, 0.6) is 0 Å². The zero-order chi connectivity index (χ0) is 32.6. The molecule has 0 saturated heterocycles. The second kappa shape index (κ2) is 12.2. The molecule has 7 aromatic carbocycles. The SMILES string of the molecule is c1ccc(-c2nc(-c3ccccc3)nc(-c3cccc(-c4ccc(-c5ccc6c(c5)c5ccccc5n6-c5ccccc5)cc4)c3)n2)cc1. The van der Waals surface area contributed by atoms with Crippen molar-refractivity contribution in [3.05, 3.63) is 182 Å². The molecule has 230 valence electrons. The molecular weight excluding hydrogens is 597 g/mol. The average molecular weight is 627 g/mol. The fourth-order valence-corrected chi connectivity index (χ4v) is 6.64. The Hall–Kier alpha value is -6.65. The maximum Gasteiger partial charge on any atom is 0.164 e. The third-order valence-corrected chi connectivity index (χ3v) is 9.06. The summed E-state index contributed by atoms with van der Waals surface area (Å²) in [5.74, 6) is 1.96. The second-order valence-corrected chi connectivity index (χ2v) is 12.1. The van der Waals surface area contributed by atoms with Gasteiger partial charge in [-0.25, -0.2) is 15.0 Å². The van der Waals surface area contributed by atoms with Gasteiger partial charge in [-0.2, -0.15) is 0 Å². The maximum atomic E-state index is 4.93. The van der Waals surface area contributed by atoms with E-state index in [1.54, 1.807) is 0 Å². The van der Waals surface area contributed by atoms with Crippen LogP contribution in [0.1, 0.15) is 0 Å². The van der Waals surface area contributed by atoms with E-state index in [9.17, 15) is 0 Å². The molecule has 0 N–H and O–H groups in total. The third kappa shape index (κ3) is 5.35. The average Bonchev–Trinajstić information content (AvgIpc) is 3.52. The summed E-state index contributed by atoms with van der Waals surface area (Å²) in [6, 6.07) is 63.4. The van der Waals surface area contributed by atoms with Crippen LogP contribution in [0.25, 0.3) is 83.9 Å². The highest BCUT2D eigenvalue weighted by Crippen LogP contribution is 2.36. The fourth-order valence-electron chi connectivity index (χ4n) is 6.64. The van der Waals surface area contributed by atoms with Gasteiger partial charge in [0.1, 0.15) is 0 Å². The maximum absolute atomic E-state index is 4.93. The van der Waals surface area contributed by atoms with Gasteiger partial charge in [0.05, 0.1) is 11.0 Å². The van der Waals surface area contributed by atoms with Crippen LogP contribution in [0.2, 0.25) is 0 Å². The number of fused-ring (bicyclic) bond motifs is 3. The van der Waals surface area contributed by atoms with Crippen LogP contribution >= 0.6 is 0 Å². The summed E-state index contributed by atoms with van der Waals surface area (Å²) >= 11 is 0. The van der Waals surface area contributed by atoms with E-state index >= 15 is 0 Å². The van der Waals surface area contributed by atoms with Gasteiger partial charge in [-0.15, -0.1) is 0 Å². The molecule has 0 aliphatic heterocycles. The predicted octanol–water partition coefficient (Wildman–Crippen LogP) is 11.3. The molecule has 0 amide bonds. The van der Waals surface area contributed by atoms with Gasteiger partial charge >= 0.3 is 0 Å². The van der Waals surface area contributed by atoms with Crippen molar-refractivity contribution in [1.29, 1.82) is 0 Å². The van der Waals surface area contributed by atoms with Crippen LogP contribution in [0.3, 0.4) is 0 Å².